The second-order valence-electron chi connectivity index (χ2n) is 7.08. The Labute approximate surface area is 189 Å². The smallest absolute Gasteiger partial charge is 0.273 e. The van der Waals surface area contributed by atoms with Gasteiger partial charge in [0.25, 0.3) is 5.91 Å². The average molecular weight is 442 g/mol. The number of hydrogen-bond donors (Lipinski definition) is 2. The molecule has 0 atom stereocenters. The second kappa shape index (κ2) is 10.2. The summed E-state index contributed by atoms with van der Waals surface area (Å²) in [7, 11) is 1.53. The summed E-state index contributed by atoms with van der Waals surface area (Å²) in [6.07, 6.45) is 3.25. The molecule has 0 spiro atoms. The molecule has 3 aromatic rings. The molecule has 0 unspecified atom stereocenters. The lowest BCUT2D eigenvalue weighted by Crippen LogP contribution is -2.38. The van der Waals surface area contributed by atoms with Crippen molar-refractivity contribution in [2.75, 3.05) is 52.3 Å². The van der Waals surface area contributed by atoms with E-state index in [0.717, 1.165) is 32.8 Å². The first-order valence-electron chi connectivity index (χ1n) is 11.6. The quantitative estimate of drug-likeness (QED) is 0.531. The zero-order valence-corrected chi connectivity index (χ0v) is 17.6. The molecular formula is C21H26N8O3. The Kier molecular flexibility index (Phi) is 5.73. The first-order chi connectivity index (χ1) is 16.8. The lowest BCUT2D eigenvalue weighted by atomic mass is 10.1. The maximum absolute atomic E-state index is 12.4. The van der Waals surface area contributed by atoms with Crippen LogP contribution < -0.4 is 15.4 Å². The molecule has 2 aromatic heterocycles. The van der Waals surface area contributed by atoms with E-state index in [0.29, 0.717) is 29.2 Å². The number of morpholine rings is 1. The van der Waals surface area contributed by atoms with Gasteiger partial charge < -0.3 is 20.1 Å². The Morgan fingerprint density at radius 1 is 1.22 bits per heavy atom. The van der Waals surface area contributed by atoms with Gasteiger partial charge in [-0.05, 0) is 18.2 Å². The molecule has 2 N–H and O–H groups in total. The predicted octanol–water partition coefficient (Wildman–Crippen LogP) is 1.18. The molecule has 168 valence electrons. The van der Waals surface area contributed by atoms with Gasteiger partial charge in [-0.3, -0.25) is 14.4 Å². The van der Waals surface area contributed by atoms with E-state index in [4.69, 9.17) is 13.6 Å². The summed E-state index contributed by atoms with van der Waals surface area (Å²) in [6, 6.07) is 6.95. The van der Waals surface area contributed by atoms with Crippen LogP contribution in [0.2, 0.25) is 0 Å². The summed E-state index contributed by atoms with van der Waals surface area (Å²) in [5, 5.41) is 21.1. The van der Waals surface area contributed by atoms with Crippen LogP contribution in [0.4, 0.5) is 11.4 Å². The van der Waals surface area contributed by atoms with Gasteiger partial charge in [0.05, 0.1) is 50.6 Å². The van der Waals surface area contributed by atoms with E-state index in [9.17, 15) is 4.79 Å². The molecule has 0 radical (unpaired) electrons. The van der Waals surface area contributed by atoms with Crippen molar-refractivity contribution < 1.29 is 18.4 Å². The molecule has 1 fully saturated rings. The third-order valence-electron chi connectivity index (χ3n) is 5.10. The number of para-hydroxylation sites is 1. The summed E-state index contributed by atoms with van der Waals surface area (Å²) in [5.41, 5.74) is 1.96. The first-order valence-corrected chi connectivity index (χ1v) is 10.1. The Morgan fingerprint density at radius 2 is 2.09 bits per heavy atom. The number of ether oxygens (including phenoxy) is 2. The zero-order valence-electron chi connectivity index (χ0n) is 20.6. The number of benzene rings is 1. The van der Waals surface area contributed by atoms with Crippen LogP contribution in [0.5, 0.6) is 5.75 Å². The molecule has 1 amide bonds. The minimum atomic E-state index is -2.66. The molecule has 3 heterocycles. The molecule has 1 aliphatic rings. The van der Waals surface area contributed by atoms with E-state index in [-0.39, 0.29) is 11.4 Å². The van der Waals surface area contributed by atoms with Gasteiger partial charge in [0.15, 0.2) is 11.4 Å². The van der Waals surface area contributed by atoms with Crippen LogP contribution in [0.3, 0.4) is 0 Å². The number of hydrogen-bond acceptors (Lipinski definition) is 9. The minimum absolute atomic E-state index is 0.162. The van der Waals surface area contributed by atoms with E-state index in [1.165, 1.54) is 19.4 Å². The number of methoxy groups -OCH3 is 1. The number of aromatic nitrogens is 5. The number of nitrogens with zero attached hydrogens (tertiary/aromatic N) is 6. The normalized spacial score (nSPS) is 16.0. The lowest BCUT2D eigenvalue weighted by Gasteiger charge is -2.26. The molecule has 0 saturated carbocycles. The molecule has 32 heavy (non-hydrogen) atoms. The fourth-order valence-corrected chi connectivity index (χ4v) is 3.46. The largest absolute Gasteiger partial charge is 0.494 e. The standard InChI is InChI=1S/C21H26N8O3/c1-22-21(30)19-16(6-7-23-26-19)24-17-5-3-4-15(20(17)31-2)18-14-29(27-25-18)9-8-28-10-12-32-13-11-28/h3-7,14H,8-13H2,1-2H3,(H,22,30)(H,23,24)/i1D3. The van der Waals surface area contributed by atoms with Crippen molar-refractivity contribution >= 4 is 17.3 Å². The highest BCUT2D eigenvalue weighted by atomic mass is 16.5. The highest BCUT2D eigenvalue weighted by Crippen LogP contribution is 2.37. The lowest BCUT2D eigenvalue weighted by molar-refractivity contribution is 0.0359. The molecule has 0 bridgehead atoms. The molecule has 11 nitrogen and oxygen atoms in total. The SMILES string of the molecule is [2H]C([2H])([2H])NC(=O)c1nnccc1Nc1cccc(-c2cn(CCN3CCOCC3)nn2)c1OC. The summed E-state index contributed by atoms with van der Waals surface area (Å²) in [5.74, 6) is -0.398. The Hall–Kier alpha value is -3.57. The molecule has 1 aliphatic heterocycles. The third-order valence-corrected chi connectivity index (χ3v) is 5.10. The van der Waals surface area contributed by atoms with Gasteiger partial charge in [0, 0.05) is 36.3 Å². The van der Waals surface area contributed by atoms with Gasteiger partial charge in [-0.25, -0.2) is 0 Å². The molecular weight excluding hydrogens is 412 g/mol. The maximum Gasteiger partial charge on any atom is 0.273 e. The number of amides is 1. The maximum atomic E-state index is 12.4. The van der Waals surface area contributed by atoms with Gasteiger partial charge in [0.1, 0.15) is 5.69 Å². The highest BCUT2D eigenvalue weighted by molar-refractivity contribution is 5.98. The highest BCUT2D eigenvalue weighted by Gasteiger charge is 2.18. The summed E-state index contributed by atoms with van der Waals surface area (Å²) < 4.78 is 34.6. The van der Waals surface area contributed by atoms with E-state index >= 15 is 0 Å². The van der Waals surface area contributed by atoms with E-state index < -0.39 is 12.9 Å². The monoisotopic (exact) mass is 441 g/mol. The van der Waals surface area contributed by atoms with Crippen LogP contribution >= 0.6 is 0 Å². The van der Waals surface area contributed by atoms with E-state index in [1.54, 1.807) is 10.7 Å². The fraction of sp³-hybridized carbons (Fsp3) is 0.381. The van der Waals surface area contributed by atoms with Gasteiger partial charge in [-0.2, -0.15) is 5.10 Å². The minimum Gasteiger partial charge on any atom is -0.494 e. The van der Waals surface area contributed by atoms with Crippen molar-refractivity contribution in [3.8, 4) is 17.0 Å². The van der Waals surface area contributed by atoms with Crippen molar-refractivity contribution in [3.05, 3.63) is 42.4 Å². The van der Waals surface area contributed by atoms with Crippen molar-refractivity contribution in [3.63, 3.8) is 0 Å². The Bertz CT molecular complexity index is 1160. The number of carbonyl (C=O) groups is 1. The molecule has 0 aliphatic carbocycles. The third kappa shape index (κ3) is 4.84. The first kappa shape index (κ1) is 18.0. The average Bonchev–Trinajstić information content (AvgIpc) is 3.31. The van der Waals surface area contributed by atoms with Gasteiger partial charge in [0.2, 0.25) is 0 Å². The Morgan fingerprint density at radius 3 is 2.91 bits per heavy atom. The van der Waals surface area contributed by atoms with Crippen molar-refractivity contribution in [2.45, 2.75) is 6.54 Å². The zero-order chi connectivity index (χ0) is 24.8. The predicted molar refractivity (Wildman–Crippen MR) is 118 cm³/mol. The second-order valence-corrected chi connectivity index (χ2v) is 7.08. The molecule has 4 rings (SSSR count). The summed E-state index contributed by atoms with van der Waals surface area (Å²) >= 11 is 0. The number of anilines is 2. The van der Waals surface area contributed by atoms with Crippen LogP contribution in [0, 0.1) is 0 Å². The van der Waals surface area contributed by atoms with Crippen molar-refractivity contribution in [1.82, 2.24) is 35.4 Å². The van der Waals surface area contributed by atoms with Gasteiger partial charge in [-0.15, -0.1) is 10.2 Å². The number of rotatable bonds is 8. The van der Waals surface area contributed by atoms with E-state index in [1.807, 2.05) is 23.6 Å². The molecule has 1 aromatic carbocycles. The van der Waals surface area contributed by atoms with Gasteiger partial charge in [-0.1, -0.05) is 11.3 Å². The Balaban J connectivity index is 1.54. The fourth-order valence-electron chi connectivity index (χ4n) is 3.46. The van der Waals surface area contributed by atoms with Crippen LogP contribution in [0.1, 0.15) is 14.6 Å². The summed E-state index contributed by atoms with van der Waals surface area (Å²) in [6.45, 7) is 2.17. The van der Waals surface area contributed by atoms with Crippen LogP contribution in [0.15, 0.2) is 36.7 Å². The van der Waals surface area contributed by atoms with Crippen LogP contribution in [-0.2, 0) is 11.3 Å². The topological polar surface area (TPSA) is 119 Å². The van der Waals surface area contributed by atoms with Crippen molar-refractivity contribution in [2.24, 2.45) is 0 Å². The number of carbonyl (C=O) groups excluding carboxylic acids is 1. The van der Waals surface area contributed by atoms with Crippen molar-refractivity contribution in [1.29, 1.82) is 0 Å². The van der Waals surface area contributed by atoms with Gasteiger partial charge >= 0.3 is 0 Å². The summed E-state index contributed by atoms with van der Waals surface area (Å²) in [4.78, 5) is 14.7. The molecule has 11 heteroatoms. The number of nitrogens with one attached hydrogen (secondary N) is 2. The molecule has 1 saturated heterocycles. The van der Waals surface area contributed by atoms with E-state index in [2.05, 4.69) is 30.7 Å². The van der Waals surface area contributed by atoms with Crippen LogP contribution in [0.25, 0.3) is 11.3 Å². The van der Waals surface area contributed by atoms with Crippen LogP contribution in [-0.4, -0.2) is 82.9 Å².